The van der Waals surface area contributed by atoms with Crippen molar-refractivity contribution < 1.29 is 23.8 Å². The summed E-state index contributed by atoms with van der Waals surface area (Å²) < 4.78 is 26.0. The maximum atomic E-state index is 13.2. The molecular formula is C12H15F2NO3. The third-order valence-corrected chi connectivity index (χ3v) is 2.39. The molecule has 100 valence electrons. The van der Waals surface area contributed by atoms with Gasteiger partial charge in [-0.3, -0.25) is 4.79 Å². The molecular weight excluding hydrogens is 244 g/mol. The minimum atomic E-state index is -0.981. The standard InChI is InChI=1S/C12H15F2NO3/c13-9-1-3-11(14)8(5-9)6-15-7-10(16)2-4-12(17)18/h1,3,5,10,15-16H,2,4,6-7H2,(H,17,18). The second-order valence-corrected chi connectivity index (χ2v) is 3.95. The Hall–Kier alpha value is -1.53. The zero-order valence-corrected chi connectivity index (χ0v) is 9.70. The molecule has 1 aromatic rings. The van der Waals surface area contributed by atoms with Crippen molar-refractivity contribution in [2.24, 2.45) is 0 Å². The van der Waals surface area contributed by atoms with Crippen molar-refractivity contribution in [3.8, 4) is 0 Å². The van der Waals surface area contributed by atoms with Gasteiger partial charge in [0.2, 0.25) is 0 Å². The second kappa shape index (κ2) is 7.03. The maximum absolute atomic E-state index is 13.2. The summed E-state index contributed by atoms with van der Waals surface area (Å²) in [5, 5.41) is 20.6. The van der Waals surface area contributed by atoms with E-state index in [1.165, 1.54) is 0 Å². The number of hydrogen-bond acceptors (Lipinski definition) is 3. The second-order valence-electron chi connectivity index (χ2n) is 3.95. The molecule has 0 heterocycles. The highest BCUT2D eigenvalue weighted by Crippen LogP contribution is 2.09. The van der Waals surface area contributed by atoms with Crippen molar-refractivity contribution in [1.82, 2.24) is 5.32 Å². The predicted octanol–water partition coefficient (Wildman–Crippen LogP) is 1.28. The van der Waals surface area contributed by atoms with Gasteiger partial charge in [0.05, 0.1) is 6.10 Å². The molecule has 3 N–H and O–H groups in total. The lowest BCUT2D eigenvalue weighted by Gasteiger charge is -2.11. The molecule has 0 aliphatic heterocycles. The van der Waals surface area contributed by atoms with E-state index < -0.39 is 23.7 Å². The number of carboxylic acids is 1. The molecule has 0 bridgehead atoms. The van der Waals surface area contributed by atoms with E-state index in [-0.39, 0.29) is 31.5 Å². The van der Waals surface area contributed by atoms with E-state index in [4.69, 9.17) is 5.11 Å². The summed E-state index contributed by atoms with van der Waals surface area (Å²) in [7, 11) is 0. The number of hydrogen-bond donors (Lipinski definition) is 3. The Morgan fingerprint density at radius 1 is 1.39 bits per heavy atom. The van der Waals surface area contributed by atoms with Crippen LogP contribution in [-0.2, 0) is 11.3 Å². The highest BCUT2D eigenvalue weighted by molar-refractivity contribution is 5.66. The summed E-state index contributed by atoms with van der Waals surface area (Å²) in [4.78, 5) is 10.3. The lowest BCUT2D eigenvalue weighted by atomic mass is 10.1. The molecule has 4 nitrogen and oxygen atoms in total. The number of benzene rings is 1. The van der Waals surface area contributed by atoms with E-state index in [0.29, 0.717) is 0 Å². The van der Waals surface area contributed by atoms with Gasteiger partial charge in [-0.15, -0.1) is 0 Å². The largest absolute Gasteiger partial charge is 0.481 e. The van der Waals surface area contributed by atoms with Gasteiger partial charge in [-0.05, 0) is 24.6 Å². The summed E-state index contributed by atoms with van der Waals surface area (Å²) in [6.07, 6.45) is -0.830. The lowest BCUT2D eigenvalue weighted by Crippen LogP contribution is -2.27. The quantitative estimate of drug-likeness (QED) is 0.690. The van der Waals surface area contributed by atoms with Crippen LogP contribution in [0.25, 0.3) is 0 Å². The molecule has 0 saturated carbocycles. The molecule has 6 heteroatoms. The van der Waals surface area contributed by atoms with Crippen LogP contribution in [0.4, 0.5) is 8.78 Å². The SMILES string of the molecule is O=C(O)CCC(O)CNCc1cc(F)ccc1F. The first-order valence-corrected chi connectivity index (χ1v) is 5.53. The van der Waals surface area contributed by atoms with Crippen LogP contribution in [0.1, 0.15) is 18.4 Å². The van der Waals surface area contributed by atoms with Crippen LogP contribution in [0.5, 0.6) is 0 Å². The van der Waals surface area contributed by atoms with E-state index in [0.717, 1.165) is 18.2 Å². The smallest absolute Gasteiger partial charge is 0.303 e. The number of aliphatic hydroxyl groups is 1. The normalized spacial score (nSPS) is 12.4. The first-order chi connectivity index (χ1) is 8.49. The number of aliphatic hydroxyl groups excluding tert-OH is 1. The van der Waals surface area contributed by atoms with Crippen molar-refractivity contribution in [3.63, 3.8) is 0 Å². The van der Waals surface area contributed by atoms with Crippen molar-refractivity contribution in [2.45, 2.75) is 25.5 Å². The summed E-state index contributed by atoms with van der Waals surface area (Å²) in [5.41, 5.74) is 0.167. The van der Waals surface area contributed by atoms with Crippen LogP contribution in [0, 0.1) is 11.6 Å². The molecule has 1 unspecified atom stereocenters. The van der Waals surface area contributed by atoms with Gasteiger partial charge in [-0.1, -0.05) is 0 Å². The minimum absolute atomic E-state index is 0.0771. The van der Waals surface area contributed by atoms with Crippen molar-refractivity contribution in [1.29, 1.82) is 0 Å². The molecule has 0 spiro atoms. The Morgan fingerprint density at radius 3 is 2.78 bits per heavy atom. The van der Waals surface area contributed by atoms with Gasteiger partial charge in [0.1, 0.15) is 11.6 Å². The van der Waals surface area contributed by atoms with Crippen molar-refractivity contribution in [3.05, 3.63) is 35.4 Å². The Bertz CT molecular complexity index is 412. The summed E-state index contributed by atoms with van der Waals surface area (Å²) >= 11 is 0. The molecule has 1 aromatic carbocycles. The summed E-state index contributed by atoms with van der Waals surface area (Å²) in [6, 6.07) is 3.14. The molecule has 0 fully saturated rings. The number of halogens is 2. The van der Waals surface area contributed by atoms with E-state index in [1.54, 1.807) is 0 Å². The van der Waals surface area contributed by atoms with Crippen LogP contribution >= 0.6 is 0 Å². The molecule has 18 heavy (non-hydrogen) atoms. The molecule has 0 aromatic heterocycles. The fourth-order valence-corrected chi connectivity index (χ4v) is 1.44. The Morgan fingerprint density at radius 2 is 2.11 bits per heavy atom. The van der Waals surface area contributed by atoms with Crippen LogP contribution < -0.4 is 5.32 Å². The van der Waals surface area contributed by atoms with Gasteiger partial charge in [-0.2, -0.15) is 0 Å². The maximum Gasteiger partial charge on any atom is 0.303 e. The number of carboxylic acid groups (broad SMARTS) is 1. The molecule has 0 aliphatic rings. The number of nitrogens with one attached hydrogen (secondary N) is 1. The Labute approximate surface area is 103 Å². The molecule has 1 rings (SSSR count). The van der Waals surface area contributed by atoms with E-state index in [2.05, 4.69) is 5.32 Å². The average Bonchev–Trinajstić information content (AvgIpc) is 2.31. The van der Waals surface area contributed by atoms with Gasteiger partial charge in [0, 0.05) is 25.1 Å². The van der Waals surface area contributed by atoms with Crippen molar-refractivity contribution >= 4 is 5.97 Å². The molecule has 0 radical (unpaired) electrons. The Balaban J connectivity index is 2.32. The minimum Gasteiger partial charge on any atom is -0.481 e. The first-order valence-electron chi connectivity index (χ1n) is 5.53. The number of aliphatic carboxylic acids is 1. The third-order valence-electron chi connectivity index (χ3n) is 2.39. The number of rotatable bonds is 7. The lowest BCUT2D eigenvalue weighted by molar-refractivity contribution is -0.137. The fraction of sp³-hybridized carbons (Fsp3) is 0.417. The highest BCUT2D eigenvalue weighted by Gasteiger charge is 2.08. The van der Waals surface area contributed by atoms with E-state index >= 15 is 0 Å². The molecule has 0 saturated heterocycles. The van der Waals surface area contributed by atoms with Gasteiger partial charge in [0.25, 0.3) is 0 Å². The first kappa shape index (κ1) is 14.5. The average molecular weight is 259 g/mol. The van der Waals surface area contributed by atoms with Gasteiger partial charge in [-0.25, -0.2) is 8.78 Å². The third kappa shape index (κ3) is 5.20. The van der Waals surface area contributed by atoms with Crippen LogP contribution in [0.2, 0.25) is 0 Å². The van der Waals surface area contributed by atoms with Gasteiger partial charge >= 0.3 is 5.97 Å². The molecule has 0 aliphatic carbocycles. The Kier molecular flexibility index (Phi) is 5.67. The predicted molar refractivity (Wildman–Crippen MR) is 60.9 cm³/mol. The highest BCUT2D eigenvalue weighted by atomic mass is 19.1. The van der Waals surface area contributed by atoms with E-state index in [1.807, 2.05) is 0 Å². The topological polar surface area (TPSA) is 69.6 Å². The molecule has 1 atom stereocenters. The monoisotopic (exact) mass is 259 g/mol. The van der Waals surface area contributed by atoms with Gasteiger partial charge in [0.15, 0.2) is 0 Å². The fourth-order valence-electron chi connectivity index (χ4n) is 1.44. The van der Waals surface area contributed by atoms with Crippen LogP contribution in [-0.4, -0.2) is 28.8 Å². The van der Waals surface area contributed by atoms with Gasteiger partial charge < -0.3 is 15.5 Å². The zero-order chi connectivity index (χ0) is 13.5. The number of carbonyl (C=O) groups is 1. The summed E-state index contributed by atoms with van der Waals surface area (Å²) in [6.45, 7) is 0.205. The van der Waals surface area contributed by atoms with E-state index in [9.17, 15) is 18.7 Å². The van der Waals surface area contributed by atoms with Crippen LogP contribution in [0.15, 0.2) is 18.2 Å². The van der Waals surface area contributed by atoms with Crippen molar-refractivity contribution in [2.75, 3.05) is 6.54 Å². The zero-order valence-electron chi connectivity index (χ0n) is 9.70. The van der Waals surface area contributed by atoms with Crippen LogP contribution in [0.3, 0.4) is 0 Å². The summed E-state index contributed by atoms with van der Waals surface area (Å²) in [5.74, 6) is -2.03. The molecule has 0 amide bonds.